The number of amides is 1. The van der Waals surface area contributed by atoms with E-state index in [1.807, 2.05) is 6.07 Å². The van der Waals surface area contributed by atoms with Crippen molar-refractivity contribution in [1.82, 2.24) is 14.3 Å². The summed E-state index contributed by atoms with van der Waals surface area (Å²) in [4.78, 5) is 21.0. The van der Waals surface area contributed by atoms with Gasteiger partial charge in [0, 0.05) is 23.3 Å². The Labute approximate surface area is 178 Å². The molecule has 0 spiro atoms. The summed E-state index contributed by atoms with van der Waals surface area (Å²) in [5.74, 6) is 0.496. The fourth-order valence-electron chi connectivity index (χ4n) is 2.59. The number of hydrogen-bond acceptors (Lipinski definition) is 6. The molecule has 156 valence electrons. The molecule has 0 atom stereocenters. The first-order chi connectivity index (χ1) is 14.9. The molecule has 2 aromatic carbocycles. The predicted molar refractivity (Wildman–Crippen MR) is 109 cm³/mol. The highest BCUT2D eigenvalue weighted by Gasteiger charge is 2.30. The van der Waals surface area contributed by atoms with Gasteiger partial charge in [0.25, 0.3) is 5.91 Å². The smallest absolute Gasteiger partial charge is 0.416 e. The monoisotopic (exact) mass is 442 g/mol. The lowest BCUT2D eigenvalue weighted by Crippen LogP contribution is -2.11. The Kier molecular flexibility index (Phi) is 5.63. The second-order valence-corrected chi connectivity index (χ2v) is 7.00. The Morgan fingerprint density at radius 3 is 2.48 bits per heavy atom. The van der Waals surface area contributed by atoms with Crippen molar-refractivity contribution in [1.29, 1.82) is 0 Å². The highest BCUT2D eigenvalue weighted by atomic mass is 32.1. The third-order valence-corrected chi connectivity index (χ3v) is 4.68. The number of rotatable bonds is 5. The Morgan fingerprint density at radius 1 is 0.968 bits per heavy atom. The number of nitrogens with zero attached hydrogens (tertiary/aromatic N) is 3. The summed E-state index contributed by atoms with van der Waals surface area (Å²) in [5.41, 5.74) is 0.111. The number of aromatic nitrogens is 3. The van der Waals surface area contributed by atoms with Crippen molar-refractivity contribution in [3.05, 3.63) is 84.1 Å². The number of pyridine rings is 1. The van der Waals surface area contributed by atoms with Crippen molar-refractivity contribution < 1.29 is 22.7 Å². The van der Waals surface area contributed by atoms with Crippen molar-refractivity contribution in [2.45, 2.75) is 6.18 Å². The normalized spacial score (nSPS) is 11.2. The quantitative estimate of drug-likeness (QED) is 0.431. The number of carbonyl (C=O) groups is 1. The third-order valence-electron chi connectivity index (χ3n) is 4.05. The average Bonchev–Trinajstić information content (AvgIpc) is 3.23. The second kappa shape index (κ2) is 8.52. The van der Waals surface area contributed by atoms with Crippen LogP contribution in [-0.2, 0) is 6.18 Å². The first-order valence-corrected chi connectivity index (χ1v) is 9.67. The number of alkyl halides is 3. The highest BCUT2D eigenvalue weighted by molar-refractivity contribution is 7.10. The summed E-state index contributed by atoms with van der Waals surface area (Å²) in [7, 11) is 0. The van der Waals surface area contributed by atoms with Gasteiger partial charge >= 0.3 is 6.18 Å². The van der Waals surface area contributed by atoms with Gasteiger partial charge in [-0.2, -0.15) is 22.5 Å². The van der Waals surface area contributed by atoms with Crippen LogP contribution in [0.2, 0.25) is 0 Å². The van der Waals surface area contributed by atoms with E-state index in [2.05, 4.69) is 19.7 Å². The lowest BCUT2D eigenvalue weighted by molar-refractivity contribution is -0.137. The van der Waals surface area contributed by atoms with Crippen molar-refractivity contribution >= 4 is 22.6 Å². The number of nitrogens with one attached hydrogen (secondary N) is 1. The molecule has 10 heteroatoms. The Hall–Kier alpha value is -3.79. The summed E-state index contributed by atoms with van der Waals surface area (Å²) in [6.07, 6.45) is -2.80. The van der Waals surface area contributed by atoms with Gasteiger partial charge in [0.15, 0.2) is 5.82 Å². The zero-order valence-electron chi connectivity index (χ0n) is 15.6. The van der Waals surface area contributed by atoms with E-state index in [1.54, 1.807) is 36.5 Å². The molecule has 0 fully saturated rings. The molecule has 0 aliphatic carbocycles. The third kappa shape index (κ3) is 5.04. The Bertz CT molecular complexity index is 1200. The minimum Gasteiger partial charge on any atom is -0.457 e. The molecule has 31 heavy (non-hydrogen) atoms. The molecule has 2 heterocycles. The van der Waals surface area contributed by atoms with Gasteiger partial charge in [0.1, 0.15) is 17.2 Å². The van der Waals surface area contributed by atoms with Gasteiger partial charge in [-0.25, -0.2) is 0 Å². The van der Waals surface area contributed by atoms with Crippen molar-refractivity contribution in [3.63, 3.8) is 0 Å². The van der Waals surface area contributed by atoms with Gasteiger partial charge in [-0.15, -0.1) is 0 Å². The number of benzene rings is 2. The van der Waals surface area contributed by atoms with Crippen LogP contribution in [0, 0.1) is 0 Å². The summed E-state index contributed by atoms with van der Waals surface area (Å²) < 4.78 is 47.8. The molecule has 2 aromatic heterocycles. The zero-order chi connectivity index (χ0) is 21.8. The van der Waals surface area contributed by atoms with Gasteiger partial charge in [0.05, 0.1) is 5.56 Å². The topological polar surface area (TPSA) is 77.0 Å². The molecule has 1 amide bonds. The maximum absolute atomic E-state index is 12.7. The van der Waals surface area contributed by atoms with Crippen LogP contribution in [0.1, 0.15) is 15.9 Å². The lowest BCUT2D eigenvalue weighted by atomic mass is 10.2. The van der Waals surface area contributed by atoms with E-state index in [-0.39, 0.29) is 5.75 Å². The first kappa shape index (κ1) is 20.5. The standard InChI is InChI=1S/C21H13F3N4O2S/c22-21(23,24)14-7-9-15(10-8-14)30-16-5-3-4-13(12-16)19(29)27-20-26-18(28-31-20)17-6-1-2-11-25-17/h1-12H,(H,26,27,28,29). The fraction of sp³-hybridized carbons (Fsp3) is 0.0476. The Balaban J connectivity index is 1.44. The molecule has 4 aromatic rings. The SMILES string of the molecule is O=C(Nc1nc(-c2ccccn2)ns1)c1cccc(Oc2ccc(C(F)(F)F)cc2)c1. The van der Waals surface area contributed by atoms with Crippen LogP contribution in [0.15, 0.2) is 72.9 Å². The molecule has 0 radical (unpaired) electrons. The van der Waals surface area contributed by atoms with E-state index >= 15 is 0 Å². The summed E-state index contributed by atoms with van der Waals surface area (Å²) >= 11 is 1.02. The molecule has 4 rings (SSSR count). The molecule has 1 N–H and O–H groups in total. The molecule has 0 unspecified atom stereocenters. The first-order valence-electron chi connectivity index (χ1n) is 8.90. The number of carbonyl (C=O) groups excluding carboxylic acids is 1. The zero-order valence-corrected chi connectivity index (χ0v) is 16.4. The van der Waals surface area contributed by atoms with E-state index in [0.717, 1.165) is 23.7 Å². The van der Waals surface area contributed by atoms with E-state index in [0.29, 0.717) is 28.0 Å². The maximum atomic E-state index is 12.7. The molecular formula is C21H13F3N4O2S. The van der Waals surface area contributed by atoms with Crippen molar-refractivity contribution in [2.75, 3.05) is 5.32 Å². The lowest BCUT2D eigenvalue weighted by Gasteiger charge is -2.10. The molecule has 0 bridgehead atoms. The fourth-order valence-corrected chi connectivity index (χ4v) is 3.16. The van der Waals surface area contributed by atoms with Crippen LogP contribution in [0.3, 0.4) is 0 Å². The number of hydrogen-bond donors (Lipinski definition) is 1. The van der Waals surface area contributed by atoms with Crippen LogP contribution in [0.4, 0.5) is 18.3 Å². The van der Waals surface area contributed by atoms with Crippen LogP contribution >= 0.6 is 11.5 Å². The van der Waals surface area contributed by atoms with E-state index in [9.17, 15) is 18.0 Å². The van der Waals surface area contributed by atoms with Gasteiger partial charge < -0.3 is 4.74 Å². The number of halogens is 3. The minimum atomic E-state index is -4.42. The van der Waals surface area contributed by atoms with Crippen molar-refractivity contribution in [3.8, 4) is 23.0 Å². The summed E-state index contributed by atoms with van der Waals surface area (Å²) in [6.45, 7) is 0. The van der Waals surface area contributed by atoms with E-state index < -0.39 is 17.6 Å². The highest BCUT2D eigenvalue weighted by Crippen LogP contribution is 2.31. The van der Waals surface area contributed by atoms with Gasteiger partial charge in [-0.05, 0) is 54.6 Å². The maximum Gasteiger partial charge on any atom is 0.416 e. The molecule has 6 nitrogen and oxygen atoms in total. The summed E-state index contributed by atoms with van der Waals surface area (Å²) in [6, 6.07) is 15.9. The largest absolute Gasteiger partial charge is 0.457 e. The van der Waals surface area contributed by atoms with Crippen LogP contribution in [0.5, 0.6) is 11.5 Å². The minimum absolute atomic E-state index is 0.217. The van der Waals surface area contributed by atoms with Crippen LogP contribution in [-0.4, -0.2) is 20.2 Å². The Morgan fingerprint density at radius 2 is 1.77 bits per heavy atom. The molecule has 0 aliphatic heterocycles. The number of anilines is 1. The molecule has 0 saturated carbocycles. The molecular weight excluding hydrogens is 429 g/mol. The van der Waals surface area contributed by atoms with Crippen LogP contribution in [0.25, 0.3) is 11.5 Å². The molecule has 0 aliphatic rings. The molecule has 0 saturated heterocycles. The van der Waals surface area contributed by atoms with Gasteiger partial charge in [0.2, 0.25) is 5.13 Å². The van der Waals surface area contributed by atoms with E-state index in [1.165, 1.54) is 18.2 Å². The van der Waals surface area contributed by atoms with Gasteiger partial charge in [-0.3, -0.25) is 15.1 Å². The van der Waals surface area contributed by atoms with Gasteiger partial charge in [-0.1, -0.05) is 12.1 Å². The average molecular weight is 442 g/mol. The van der Waals surface area contributed by atoms with E-state index in [4.69, 9.17) is 4.74 Å². The van der Waals surface area contributed by atoms with Crippen molar-refractivity contribution in [2.24, 2.45) is 0 Å². The predicted octanol–water partition coefficient (Wildman–Crippen LogP) is 5.66. The van der Waals surface area contributed by atoms with Crippen LogP contribution < -0.4 is 10.1 Å². The summed E-state index contributed by atoms with van der Waals surface area (Å²) in [5, 5.41) is 2.97. The second-order valence-electron chi connectivity index (χ2n) is 6.24. The number of ether oxygens (including phenoxy) is 1.